The molecule has 4 nitrogen and oxygen atoms in total. The fourth-order valence-corrected chi connectivity index (χ4v) is 2.01. The Balaban J connectivity index is 1.79. The number of benzene rings is 1. The van der Waals surface area contributed by atoms with Gasteiger partial charge in [-0.25, -0.2) is 14.8 Å². The van der Waals surface area contributed by atoms with E-state index in [4.69, 9.17) is 0 Å². The summed E-state index contributed by atoms with van der Waals surface area (Å²) >= 11 is 1.31. The number of amides is 1. The van der Waals surface area contributed by atoms with Gasteiger partial charge in [-0.3, -0.25) is 4.79 Å². The largest absolute Gasteiger partial charge is 0.272 e. The van der Waals surface area contributed by atoms with Crippen molar-refractivity contribution < 1.29 is 9.18 Å². The summed E-state index contributed by atoms with van der Waals surface area (Å²) in [6.45, 7) is 0. The third kappa shape index (κ3) is 4.47. The first-order valence-electron chi connectivity index (χ1n) is 5.86. The lowest BCUT2D eigenvalue weighted by Gasteiger charge is -2.00. The number of rotatable bonds is 5. The quantitative estimate of drug-likeness (QED) is 0.522. The zero-order valence-electron chi connectivity index (χ0n) is 10.5. The lowest BCUT2D eigenvalue weighted by Crippen LogP contribution is -2.19. The van der Waals surface area contributed by atoms with Crippen LogP contribution in [0.25, 0.3) is 0 Å². The Morgan fingerprint density at radius 2 is 2.10 bits per heavy atom. The molecule has 102 valence electrons. The molecule has 0 bridgehead atoms. The zero-order valence-corrected chi connectivity index (χ0v) is 11.3. The molecule has 2 rings (SSSR count). The number of halogens is 1. The van der Waals surface area contributed by atoms with Gasteiger partial charge in [-0.05, 0) is 18.2 Å². The van der Waals surface area contributed by atoms with Crippen LogP contribution < -0.4 is 5.43 Å². The maximum absolute atomic E-state index is 13.3. The molecule has 1 heterocycles. The summed E-state index contributed by atoms with van der Waals surface area (Å²) in [4.78, 5) is 15.6. The van der Waals surface area contributed by atoms with Crippen LogP contribution in [0.15, 0.2) is 58.8 Å². The van der Waals surface area contributed by atoms with Gasteiger partial charge in [0.15, 0.2) is 0 Å². The van der Waals surface area contributed by atoms with Gasteiger partial charge in [-0.15, -0.1) is 0 Å². The number of thioether (sulfide) groups is 1. The summed E-state index contributed by atoms with van der Waals surface area (Å²) < 4.78 is 13.3. The van der Waals surface area contributed by atoms with Crippen LogP contribution in [-0.4, -0.2) is 22.9 Å². The van der Waals surface area contributed by atoms with Gasteiger partial charge in [0.05, 0.1) is 17.0 Å². The highest BCUT2D eigenvalue weighted by atomic mass is 32.2. The smallest absolute Gasteiger partial charge is 0.250 e. The summed E-state index contributed by atoms with van der Waals surface area (Å²) in [5, 5.41) is 4.48. The van der Waals surface area contributed by atoms with Crippen LogP contribution in [0.4, 0.5) is 4.39 Å². The van der Waals surface area contributed by atoms with Gasteiger partial charge < -0.3 is 0 Å². The molecular formula is C14H12FN3OS. The van der Waals surface area contributed by atoms with E-state index in [1.54, 1.807) is 24.4 Å². The molecule has 0 saturated heterocycles. The van der Waals surface area contributed by atoms with E-state index in [1.807, 2.05) is 18.2 Å². The minimum Gasteiger partial charge on any atom is -0.272 e. The third-order valence-electron chi connectivity index (χ3n) is 2.29. The highest BCUT2D eigenvalue weighted by molar-refractivity contribution is 7.99. The van der Waals surface area contributed by atoms with Crippen molar-refractivity contribution >= 4 is 23.9 Å². The average molecular weight is 289 g/mol. The molecule has 1 aromatic heterocycles. The second-order valence-electron chi connectivity index (χ2n) is 3.77. The first-order chi connectivity index (χ1) is 9.75. The Morgan fingerprint density at radius 1 is 1.30 bits per heavy atom. The predicted molar refractivity (Wildman–Crippen MR) is 77.1 cm³/mol. The second kappa shape index (κ2) is 7.40. The number of aromatic nitrogens is 1. The Labute approximate surface area is 120 Å². The van der Waals surface area contributed by atoms with Crippen LogP contribution in [0.3, 0.4) is 0 Å². The van der Waals surface area contributed by atoms with Crippen molar-refractivity contribution in [3.8, 4) is 0 Å². The molecule has 0 aliphatic rings. The van der Waals surface area contributed by atoms with Gasteiger partial charge in [0, 0.05) is 11.8 Å². The van der Waals surface area contributed by atoms with E-state index >= 15 is 0 Å². The fraction of sp³-hybridized carbons (Fsp3) is 0.0714. The maximum Gasteiger partial charge on any atom is 0.250 e. The molecule has 1 N–H and O–H groups in total. The predicted octanol–water partition coefficient (Wildman–Crippen LogP) is 2.46. The van der Waals surface area contributed by atoms with Crippen LogP contribution in [0, 0.1) is 5.82 Å². The number of carbonyl (C=O) groups excluding carboxylic acids is 1. The van der Waals surface area contributed by atoms with E-state index in [2.05, 4.69) is 15.5 Å². The van der Waals surface area contributed by atoms with Crippen molar-refractivity contribution in [3.05, 3.63) is 60.0 Å². The van der Waals surface area contributed by atoms with Crippen molar-refractivity contribution in [2.24, 2.45) is 5.10 Å². The molecule has 6 heteroatoms. The number of hydrogen-bond acceptors (Lipinski definition) is 4. The molecule has 0 saturated carbocycles. The SMILES string of the molecule is O=C(CSc1ccccn1)N/N=C\c1ccccc1F. The van der Waals surface area contributed by atoms with Gasteiger partial charge in [0.2, 0.25) is 5.91 Å². The molecule has 0 atom stereocenters. The van der Waals surface area contributed by atoms with Gasteiger partial charge in [-0.2, -0.15) is 5.10 Å². The number of pyridine rings is 1. The molecule has 2 aromatic rings. The molecular weight excluding hydrogens is 277 g/mol. The normalized spacial score (nSPS) is 10.7. The van der Waals surface area contributed by atoms with Gasteiger partial charge in [0.1, 0.15) is 5.82 Å². The van der Waals surface area contributed by atoms with E-state index in [0.29, 0.717) is 5.56 Å². The molecule has 0 fully saturated rings. The Hall–Kier alpha value is -2.21. The van der Waals surface area contributed by atoms with E-state index < -0.39 is 0 Å². The topological polar surface area (TPSA) is 54.4 Å². The number of hydrogen-bond donors (Lipinski definition) is 1. The molecule has 0 unspecified atom stereocenters. The maximum atomic E-state index is 13.3. The minimum absolute atomic E-state index is 0.200. The zero-order chi connectivity index (χ0) is 14.2. The van der Waals surface area contributed by atoms with E-state index in [-0.39, 0.29) is 17.5 Å². The second-order valence-corrected chi connectivity index (χ2v) is 4.77. The van der Waals surface area contributed by atoms with Crippen LogP contribution in [0.5, 0.6) is 0 Å². The summed E-state index contributed by atoms with van der Waals surface area (Å²) in [6, 6.07) is 11.7. The van der Waals surface area contributed by atoms with E-state index in [1.165, 1.54) is 24.0 Å². The van der Waals surface area contributed by atoms with E-state index in [0.717, 1.165) is 5.03 Å². The van der Waals surface area contributed by atoms with Crippen molar-refractivity contribution in [1.29, 1.82) is 0 Å². The number of nitrogens with one attached hydrogen (secondary N) is 1. The fourth-order valence-electron chi connectivity index (χ4n) is 1.36. The molecule has 0 radical (unpaired) electrons. The lowest BCUT2D eigenvalue weighted by atomic mass is 10.2. The van der Waals surface area contributed by atoms with Gasteiger partial charge >= 0.3 is 0 Å². The van der Waals surface area contributed by atoms with Crippen molar-refractivity contribution in [1.82, 2.24) is 10.4 Å². The number of carbonyl (C=O) groups is 1. The van der Waals surface area contributed by atoms with Crippen LogP contribution in [-0.2, 0) is 4.79 Å². The first-order valence-corrected chi connectivity index (χ1v) is 6.84. The average Bonchev–Trinajstić information content (AvgIpc) is 2.48. The molecule has 1 amide bonds. The summed E-state index contributed by atoms with van der Waals surface area (Å²) in [5.74, 6) is -0.451. The summed E-state index contributed by atoms with van der Waals surface area (Å²) in [6.07, 6.45) is 2.94. The summed E-state index contributed by atoms with van der Waals surface area (Å²) in [7, 11) is 0. The number of nitrogens with zero attached hydrogens (tertiary/aromatic N) is 2. The standard InChI is InChI=1S/C14H12FN3OS/c15-12-6-2-1-5-11(12)9-17-18-13(19)10-20-14-7-3-4-8-16-14/h1-9H,10H2,(H,18,19)/b17-9-. The summed E-state index contributed by atoms with van der Waals surface area (Å²) in [5.41, 5.74) is 2.67. The molecule has 1 aromatic carbocycles. The van der Waals surface area contributed by atoms with Crippen LogP contribution >= 0.6 is 11.8 Å². The monoisotopic (exact) mass is 289 g/mol. The van der Waals surface area contributed by atoms with Crippen LogP contribution in [0.2, 0.25) is 0 Å². The van der Waals surface area contributed by atoms with E-state index in [9.17, 15) is 9.18 Å². The first kappa shape index (κ1) is 14.2. The van der Waals surface area contributed by atoms with Gasteiger partial charge in [0.25, 0.3) is 0 Å². The lowest BCUT2D eigenvalue weighted by molar-refractivity contribution is -0.118. The van der Waals surface area contributed by atoms with Crippen LogP contribution in [0.1, 0.15) is 5.56 Å². The highest BCUT2D eigenvalue weighted by Crippen LogP contribution is 2.12. The molecule has 20 heavy (non-hydrogen) atoms. The van der Waals surface area contributed by atoms with Crippen molar-refractivity contribution in [3.63, 3.8) is 0 Å². The Morgan fingerprint density at radius 3 is 2.85 bits per heavy atom. The molecule has 0 spiro atoms. The Bertz CT molecular complexity index is 604. The molecule has 0 aliphatic carbocycles. The van der Waals surface area contributed by atoms with Crippen molar-refractivity contribution in [2.75, 3.05) is 5.75 Å². The van der Waals surface area contributed by atoms with Gasteiger partial charge in [-0.1, -0.05) is 36.0 Å². The highest BCUT2D eigenvalue weighted by Gasteiger charge is 2.02. The number of hydrazone groups is 1. The third-order valence-corrected chi connectivity index (χ3v) is 3.23. The van der Waals surface area contributed by atoms with Crippen molar-refractivity contribution in [2.45, 2.75) is 5.03 Å². The molecule has 0 aliphatic heterocycles. The minimum atomic E-state index is -0.381. The Kier molecular flexibility index (Phi) is 5.25.